The van der Waals surface area contributed by atoms with Crippen molar-refractivity contribution in [1.29, 1.82) is 0 Å². The van der Waals surface area contributed by atoms with Gasteiger partial charge in [0.25, 0.3) is 5.56 Å². The highest BCUT2D eigenvalue weighted by molar-refractivity contribution is 8.07. The Balaban J connectivity index is 1.17. The molecule has 7 atom stereocenters. The summed E-state index contributed by atoms with van der Waals surface area (Å²) in [5, 5.41) is 17.0. The molecule has 4 aromatic rings. The van der Waals surface area contributed by atoms with Crippen LogP contribution in [0.1, 0.15) is 24.4 Å². The molecule has 0 radical (unpaired) electrons. The van der Waals surface area contributed by atoms with Crippen LogP contribution in [0.25, 0.3) is 22.3 Å². The maximum atomic E-state index is 15.6. The van der Waals surface area contributed by atoms with Crippen LogP contribution in [0.3, 0.4) is 0 Å². The normalized spacial score (nSPS) is 28.1. The summed E-state index contributed by atoms with van der Waals surface area (Å²) in [5.41, 5.74) is 11.8. The fourth-order valence-electron chi connectivity index (χ4n) is 4.99. The van der Waals surface area contributed by atoms with E-state index in [2.05, 4.69) is 35.2 Å². The number of hydrogen-bond donors (Lipinski definition) is 5. The van der Waals surface area contributed by atoms with Crippen LogP contribution in [0.5, 0.6) is 0 Å². The Labute approximate surface area is 239 Å². The van der Waals surface area contributed by atoms with Crippen LogP contribution in [-0.2, 0) is 25.6 Å². The molecular formula is C20H25FN11O6PS2. The van der Waals surface area contributed by atoms with E-state index in [1.54, 1.807) is 4.57 Å². The highest BCUT2D eigenvalue weighted by Crippen LogP contribution is 2.52. The number of fused-ring (bicyclic) bond motifs is 2. The van der Waals surface area contributed by atoms with Crippen molar-refractivity contribution in [3.05, 3.63) is 23.0 Å². The third-order valence-electron chi connectivity index (χ3n) is 6.87. The fraction of sp³-hybridized carbons (Fsp3) is 0.550. The number of alkyl halides is 1. The molecule has 6 rings (SSSR count). The number of ether oxygens (including phenoxy) is 1. The molecule has 21 heteroatoms. The summed E-state index contributed by atoms with van der Waals surface area (Å²) in [4.78, 5) is 41.8. The molecular weight excluding hydrogens is 604 g/mol. The highest BCUT2D eigenvalue weighted by Gasteiger charge is 2.48. The van der Waals surface area contributed by atoms with Gasteiger partial charge in [-0.2, -0.15) is 9.67 Å². The van der Waals surface area contributed by atoms with E-state index in [-0.39, 0.29) is 53.7 Å². The largest absolute Gasteiger partial charge is 0.396 e. The number of hydrogen-bond acceptors (Lipinski definition) is 15. The predicted octanol–water partition coefficient (Wildman–Crippen LogP) is 0.00710. The number of halogens is 1. The lowest BCUT2D eigenvalue weighted by Gasteiger charge is -2.26. The molecule has 2 aliphatic rings. The quantitative estimate of drug-likeness (QED) is 0.153. The van der Waals surface area contributed by atoms with Crippen molar-refractivity contribution in [2.45, 2.75) is 42.8 Å². The summed E-state index contributed by atoms with van der Waals surface area (Å²) in [6.45, 7) is -4.49. The molecule has 17 nitrogen and oxygen atoms in total. The summed E-state index contributed by atoms with van der Waals surface area (Å²) in [7, 11) is 0. The van der Waals surface area contributed by atoms with Gasteiger partial charge in [0.15, 0.2) is 40.5 Å². The molecule has 2 fully saturated rings. The van der Waals surface area contributed by atoms with Gasteiger partial charge < -0.3 is 35.3 Å². The number of thioether (sulfide) groups is 1. The monoisotopic (exact) mass is 629 g/mol. The lowest BCUT2D eigenvalue weighted by molar-refractivity contribution is -0.0447. The number of rotatable bonds is 9. The SMILES string of the molecule is Nc1nc2c(ncn2[C@@H]2SCC[C@H]2OP(O)(=S)OC[C@H]2O[C@@H](n3nnc4c(N)ncnc43)[C@@H](F)[C@@H]2CCO)c(=O)[nH]1. The second-order valence-electron chi connectivity index (χ2n) is 9.38. The number of nitrogens with zero attached hydrogens (tertiary/aromatic N) is 8. The van der Waals surface area contributed by atoms with Crippen LogP contribution in [-0.4, -0.2) is 91.8 Å². The van der Waals surface area contributed by atoms with Gasteiger partial charge in [-0.05, 0) is 30.4 Å². The van der Waals surface area contributed by atoms with E-state index in [1.807, 2.05) is 0 Å². The number of H-pyrrole nitrogens is 1. The maximum Gasteiger partial charge on any atom is 0.324 e. The van der Waals surface area contributed by atoms with Gasteiger partial charge in [-0.1, -0.05) is 5.21 Å². The van der Waals surface area contributed by atoms with Crippen molar-refractivity contribution in [3.8, 4) is 0 Å². The van der Waals surface area contributed by atoms with Gasteiger partial charge in [-0.15, -0.1) is 16.9 Å². The van der Waals surface area contributed by atoms with E-state index in [4.69, 9.17) is 37.1 Å². The Morgan fingerprint density at radius 2 is 2.12 bits per heavy atom. The molecule has 1 unspecified atom stereocenters. The van der Waals surface area contributed by atoms with E-state index in [0.29, 0.717) is 12.2 Å². The molecule has 7 N–H and O–H groups in total. The number of nitrogens with one attached hydrogen (secondary N) is 1. The first-order chi connectivity index (χ1) is 19.7. The summed E-state index contributed by atoms with van der Waals surface area (Å²) in [6.07, 6.45) is -1.17. The van der Waals surface area contributed by atoms with Crippen LogP contribution in [0, 0.1) is 5.92 Å². The maximum absolute atomic E-state index is 15.6. The lowest BCUT2D eigenvalue weighted by atomic mass is 9.96. The number of anilines is 2. The first-order valence-electron chi connectivity index (χ1n) is 12.4. The van der Waals surface area contributed by atoms with Gasteiger partial charge in [0, 0.05) is 12.5 Å². The second-order valence-corrected chi connectivity index (χ2v) is 13.4. The van der Waals surface area contributed by atoms with Crippen molar-refractivity contribution in [1.82, 2.24) is 44.5 Å². The van der Waals surface area contributed by atoms with E-state index in [9.17, 15) is 14.8 Å². The average molecular weight is 630 g/mol. The molecule has 41 heavy (non-hydrogen) atoms. The second kappa shape index (κ2) is 11.1. The van der Waals surface area contributed by atoms with Crippen LogP contribution >= 0.6 is 18.5 Å². The standard InChI is InChI=1S/C20H25FN11O6PS2/c21-11-8(1-3-33)10(37-18(11)32-15-12(29-30-32)14(22)24-6-25-15)5-36-39(35,40)38-9-2-4-41-19(9)31-7-26-13-16(31)27-20(23)28-17(13)34/h6-11,18-19,33H,1-5H2,(H,35,40)(H2,22,24,25)(H3,23,27,28,34)/t8-,9-,10-,11+,18-,19-,39?/m1/s1. The molecule has 0 spiro atoms. The molecule has 0 aromatic carbocycles. The third-order valence-corrected chi connectivity index (χ3v) is 9.80. The van der Waals surface area contributed by atoms with Crippen LogP contribution in [0.15, 0.2) is 17.4 Å². The summed E-state index contributed by atoms with van der Waals surface area (Å²) < 4.78 is 35.9. The summed E-state index contributed by atoms with van der Waals surface area (Å²) in [5.74, 6) is -0.134. The third kappa shape index (κ3) is 5.29. The summed E-state index contributed by atoms with van der Waals surface area (Å²) >= 11 is 6.79. The zero-order valence-corrected chi connectivity index (χ0v) is 23.6. The molecule has 2 aliphatic heterocycles. The van der Waals surface area contributed by atoms with Gasteiger partial charge in [-0.25, -0.2) is 19.3 Å². The topological polar surface area (TPSA) is 240 Å². The fourth-order valence-corrected chi connectivity index (χ4v) is 7.88. The Morgan fingerprint density at radius 1 is 1.29 bits per heavy atom. The number of aliphatic hydroxyl groups is 1. The minimum absolute atomic E-state index is 0.0505. The smallest absolute Gasteiger partial charge is 0.324 e. The Kier molecular flexibility index (Phi) is 7.66. The molecule has 0 aliphatic carbocycles. The Bertz CT molecular complexity index is 1690. The van der Waals surface area contributed by atoms with Crippen molar-refractivity contribution >= 4 is 64.4 Å². The van der Waals surface area contributed by atoms with Crippen molar-refractivity contribution in [3.63, 3.8) is 0 Å². The lowest BCUT2D eigenvalue weighted by Crippen LogP contribution is -2.27. The first kappa shape index (κ1) is 28.3. The zero-order valence-electron chi connectivity index (χ0n) is 21.1. The Morgan fingerprint density at radius 3 is 2.93 bits per heavy atom. The van der Waals surface area contributed by atoms with Crippen molar-refractivity contribution in [2.24, 2.45) is 5.92 Å². The van der Waals surface area contributed by atoms with E-state index >= 15 is 4.39 Å². The van der Waals surface area contributed by atoms with E-state index in [0.717, 1.165) is 4.68 Å². The number of aromatic nitrogens is 9. The average Bonchev–Trinajstić information content (AvgIpc) is 3.70. The van der Waals surface area contributed by atoms with Gasteiger partial charge in [0.2, 0.25) is 5.95 Å². The highest BCUT2D eigenvalue weighted by atomic mass is 32.5. The zero-order chi connectivity index (χ0) is 28.9. The van der Waals surface area contributed by atoms with Crippen LogP contribution < -0.4 is 17.0 Å². The van der Waals surface area contributed by atoms with Crippen molar-refractivity contribution in [2.75, 3.05) is 30.4 Å². The number of aromatic amines is 1. The van der Waals surface area contributed by atoms with Crippen LogP contribution in [0.2, 0.25) is 0 Å². The molecule has 4 aromatic heterocycles. The minimum Gasteiger partial charge on any atom is -0.396 e. The molecule has 0 saturated carbocycles. The van der Waals surface area contributed by atoms with Gasteiger partial charge >= 0.3 is 6.72 Å². The van der Waals surface area contributed by atoms with E-state index in [1.165, 1.54) is 24.4 Å². The molecule has 220 valence electrons. The number of nitrogens with two attached hydrogens (primary N) is 2. The minimum atomic E-state index is -3.87. The van der Waals surface area contributed by atoms with E-state index < -0.39 is 48.2 Å². The molecule has 0 amide bonds. The molecule has 2 saturated heterocycles. The summed E-state index contributed by atoms with van der Waals surface area (Å²) in [6, 6.07) is 0. The van der Waals surface area contributed by atoms with Gasteiger partial charge in [-0.3, -0.25) is 14.3 Å². The number of imidazole rings is 1. The van der Waals surface area contributed by atoms with Gasteiger partial charge in [0.1, 0.15) is 11.7 Å². The predicted molar refractivity (Wildman–Crippen MR) is 148 cm³/mol. The number of nitrogen functional groups attached to an aromatic ring is 2. The van der Waals surface area contributed by atoms with Crippen molar-refractivity contribution < 1.29 is 28.2 Å². The van der Waals surface area contributed by atoms with Gasteiger partial charge in [0.05, 0.1) is 25.1 Å². The molecule has 0 bridgehead atoms. The van der Waals surface area contributed by atoms with Crippen LogP contribution in [0.4, 0.5) is 16.2 Å². The first-order valence-corrected chi connectivity index (χ1v) is 16.0. The Hall–Kier alpha value is -2.84. The number of aliphatic hydroxyl groups excluding tert-OH is 1. The molecule has 6 heterocycles.